The van der Waals surface area contributed by atoms with E-state index in [1.165, 1.54) is 5.57 Å². The molecule has 0 aliphatic carbocycles. The molecule has 0 spiro atoms. The van der Waals surface area contributed by atoms with Gasteiger partial charge in [-0.3, -0.25) is 14.5 Å². The minimum atomic E-state index is 0.0216. The summed E-state index contributed by atoms with van der Waals surface area (Å²) in [5, 5.41) is 3.27. The van der Waals surface area contributed by atoms with Gasteiger partial charge in [-0.2, -0.15) is 0 Å². The van der Waals surface area contributed by atoms with Gasteiger partial charge in [-0.05, 0) is 51.7 Å². The number of carbonyl (C=O) groups is 2. The lowest BCUT2D eigenvalue weighted by molar-refractivity contribution is -0.136. The number of rotatable bonds is 8. The molecule has 1 N–H and O–H groups in total. The maximum Gasteiger partial charge on any atom is 0.225 e. The molecule has 170 valence electrons. The number of hydrogen-bond donors (Lipinski definition) is 1. The molecule has 2 amide bonds. The van der Waals surface area contributed by atoms with Crippen LogP contribution >= 0.6 is 0 Å². The minimum absolute atomic E-state index is 0.0216. The van der Waals surface area contributed by atoms with Gasteiger partial charge in [0.25, 0.3) is 0 Å². The van der Waals surface area contributed by atoms with Gasteiger partial charge in [0.15, 0.2) is 0 Å². The van der Waals surface area contributed by atoms with Crippen molar-refractivity contribution in [1.82, 2.24) is 15.1 Å². The van der Waals surface area contributed by atoms with Crippen LogP contribution in [0.25, 0.3) is 0 Å². The molecule has 1 aromatic carbocycles. The van der Waals surface area contributed by atoms with Crippen LogP contribution in [0.1, 0.15) is 46.0 Å². The Morgan fingerprint density at radius 1 is 1.03 bits per heavy atom. The number of carbonyl (C=O) groups excluding carboxylic acids is 2. The molecule has 0 saturated carbocycles. The Morgan fingerprint density at radius 2 is 1.71 bits per heavy atom. The summed E-state index contributed by atoms with van der Waals surface area (Å²) < 4.78 is 5.63. The molecule has 0 unspecified atom stereocenters. The summed E-state index contributed by atoms with van der Waals surface area (Å²) in [4.78, 5) is 29.5. The average Bonchev–Trinajstić information content (AvgIpc) is 2.79. The van der Waals surface area contributed by atoms with E-state index < -0.39 is 0 Å². The van der Waals surface area contributed by atoms with Gasteiger partial charge >= 0.3 is 0 Å². The Balaban J connectivity index is 1.31. The highest BCUT2D eigenvalue weighted by Crippen LogP contribution is 2.20. The number of hydrogen-bond acceptors (Lipinski definition) is 4. The molecule has 0 aromatic heterocycles. The van der Waals surface area contributed by atoms with Crippen molar-refractivity contribution in [2.45, 2.75) is 52.0 Å². The molecule has 2 fully saturated rings. The third kappa shape index (κ3) is 7.69. The summed E-state index contributed by atoms with van der Waals surface area (Å²) in [6.07, 6.45) is 6.16. The smallest absolute Gasteiger partial charge is 0.225 e. The second kappa shape index (κ2) is 11.9. The molecule has 2 saturated heterocycles. The summed E-state index contributed by atoms with van der Waals surface area (Å²) >= 11 is 0. The zero-order chi connectivity index (χ0) is 22.1. The maximum absolute atomic E-state index is 12.7. The Hall–Kier alpha value is -2.34. The molecule has 6 heteroatoms. The zero-order valence-corrected chi connectivity index (χ0v) is 19.0. The monoisotopic (exact) mass is 427 g/mol. The first kappa shape index (κ1) is 23.3. The minimum Gasteiger partial charge on any atom is -0.493 e. The first-order valence-corrected chi connectivity index (χ1v) is 11.6. The lowest BCUT2D eigenvalue weighted by atomic mass is 9.94. The quantitative estimate of drug-likeness (QED) is 0.647. The lowest BCUT2D eigenvalue weighted by Crippen LogP contribution is -2.48. The number of nitrogens with one attached hydrogen (secondary N) is 1. The average molecular weight is 428 g/mol. The second-order valence-corrected chi connectivity index (χ2v) is 8.93. The second-order valence-electron chi connectivity index (χ2n) is 8.93. The highest BCUT2D eigenvalue weighted by molar-refractivity contribution is 5.80. The van der Waals surface area contributed by atoms with Crippen LogP contribution in [0.5, 0.6) is 5.75 Å². The predicted molar refractivity (Wildman–Crippen MR) is 123 cm³/mol. The van der Waals surface area contributed by atoms with Crippen LogP contribution < -0.4 is 10.1 Å². The van der Waals surface area contributed by atoms with Crippen LogP contribution in [0.2, 0.25) is 0 Å². The van der Waals surface area contributed by atoms with E-state index in [0.717, 1.165) is 51.1 Å². The summed E-state index contributed by atoms with van der Waals surface area (Å²) in [7, 11) is 0. The number of benzene rings is 1. The summed E-state index contributed by atoms with van der Waals surface area (Å²) in [6, 6.07) is 9.84. The number of nitrogens with zero attached hydrogens (tertiary/aromatic N) is 2. The third-order valence-electron chi connectivity index (χ3n) is 6.24. The van der Waals surface area contributed by atoms with Crippen molar-refractivity contribution in [3.05, 3.63) is 42.0 Å². The first-order valence-electron chi connectivity index (χ1n) is 11.6. The van der Waals surface area contributed by atoms with Gasteiger partial charge in [0.1, 0.15) is 5.75 Å². The van der Waals surface area contributed by atoms with E-state index in [1.54, 1.807) is 0 Å². The van der Waals surface area contributed by atoms with Gasteiger partial charge in [0.2, 0.25) is 11.8 Å². The van der Waals surface area contributed by atoms with Crippen LogP contribution in [0, 0.1) is 5.92 Å². The number of amides is 2. The van der Waals surface area contributed by atoms with E-state index in [9.17, 15) is 9.59 Å². The SMILES string of the molecule is CC(C)=CCN1CCC(NC(=O)C2CCN(C(=O)CCOc3ccccc3)CC2)CC1. The van der Waals surface area contributed by atoms with Gasteiger partial charge in [-0.1, -0.05) is 29.8 Å². The van der Waals surface area contributed by atoms with Crippen molar-refractivity contribution in [3.8, 4) is 5.75 Å². The van der Waals surface area contributed by atoms with Crippen molar-refractivity contribution in [2.24, 2.45) is 5.92 Å². The van der Waals surface area contributed by atoms with Crippen molar-refractivity contribution < 1.29 is 14.3 Å². The number of piperidine rings is 2. The fraction of sp³-hybridized carbons (Fsp3) is 0.600. The number of para-hydroxylation sites is 1. The van der Waals surface area contributed by atoms with Crippen LogP contribution in [0.15, 0.2) is 42.0 Å². The molecule has 1 aromatic rings. The standard InChI is InChI=1S/C25H37N3O3/c1-20(2)8-14-27-15-11-22(12-16-27)26-25(30)21-9-17-28(18-10-21)24(29)13-19-31-23-6-4-3-5-7-23/h3-8,21-22H,9-19H2,1-2H3,(H,26,30). The van der Waals surface area contributed by atoms with E-state index in [0.29, 0.717) is 26.1 Å². The molecule has 31 heavy (non-hydrogen) atoms. The highest BCUT2D eigenvalue weighted by Gasteiger charge is 2.29. The van der Waals surface area contributed by atoms with Crippen LogP contribution in [0.4, 0.5) is 0 Å². The van der Waals surface area contributed by atoms with E-state index in [1.807, 2.05) is 35.2 Å². The molecule has 0 radical (unpaired) electrons. The normalized spacial score (nSPS) is 18.5. The van der Waals surface area contributed by atoms with Crippen molar-refractivity contribution in [2.75, 3.05) is 39.3 Å². The number of allylic oxidation sites excluding steroid dienone is 1. The van der Waals surface area contributed by atoms with Crippen LogP contribution in [0.3, 0.4) is 0 Å². The fourth-order valence-electron chi connectivity index (χ4n) is 4.21. The summed E-state index contributed by atoms with van der Waals surface area (Å²) in [6.45, 7) is 9.03. The largest absolute Gasteiger partial charge is 0.493 e. The predicted octanol–water partition coefficient (Wildman–Crippen LogP) is 3.24. The van der Waals surface area contributed by atoms with Gasteiger partial charge < -0.3 is 15.0 Å². The van der Waals surface area contributed by atoms with Gasteiger partial charge in [0, 0.05) is 44.7 Å². The van der Waals surface area contributed by atoms with E-state index in [-0.39, 0.29) is 23.8 Å². The maximum atomic E-state index is 12.7. The Bertz CT molecular complexity index is 730. The van der Waals surface area contributed by atoms with E-state index >= 15 is 0 Å². The summed E-state index contributed by atoms with van der Waals surface area (Å²) in [5.41, 5.74) is 1.35. The molecule has 2 aliphatic heterocycles. The molecule has 2 heterocycles. The molecule has 6 nitrogen and oxygen atoms in total. The first-order chi connectivity index (χ1) is 15.0. The zero-order valence-electron chi connectivity index (χ0n) is 19.0. The van der Waals surface area contributed by atoms with E-state index in [4.69, 9.17) is 4.74 Å². The molecule has 2 aliphatic rings. The van der Waals surface area contributed by atoms with Gasteiger partial charge in [-0.25, -0.2) is 0 Å². The molecule has 0 atom stereocenters. The molecule has 3 rings (SSSR count). The van der Waals surface area contributed by atoms with E-state index in [2.05, 4.69) is 30.1 Å². The molecular weight excluding hydrogens is 390 g/mol. The molecule has 0 bridgehead atoms. The number of likely N-dealkylation sites (tertiary alicyclic amines) is 2. The number of ether oxygens (including phenoxy) is 1. The molecular formula is C25H37N3O3. The van der Waals surface area contributed by atoms with Crippen molar-refractivity contribution in [3.63, 3.8) is 0 Å². The Kier molecular flexibility index (Phi) is 8.95. The van der Waals surface area contributed by atoms with Crippen molar-refractivity contribution in [1.29, 1.82) is 0 Å². The van der Waals surface area contributed by atoms with Gasteiger partial charge in [0.05, 0.1) is 13.0 Å². The third-order valence-corrected chi connectivity index (χ3v) is 6.24. The highest BCUT2D eigenvalue weighted by atomic mass is 16.5. The Morgan fingerprint density at radius 3 is 2.35 bits per heavy atom. The van der Waals surface area contributed by atoms with Crippen LogP contribution in [-0.4, -0.2) is 67.0 Å². The van der Waals surface area contributed by atoms with Crippen LogP contribution in [-0.2, 0) is 9.59 Å². The van der Waals surface area contributed by atoms with Crippen molar-refractivity contribution >= 4 is 11.8 Å². The topological polar surface area (TPSA) is 61.9 Å². The summed E-state index contributed by atoms with van der Waals surface area (Å²) in [5.74, 6) is 1.09. The fourth-order valence-corrected chi connectivity index (χ4v) is 4.21. The van der Waals surface area contributed by atoms with Gasteiger partial charge in [-0.15, -0.1) is 0 Å². The lowest BCUT2D eigenvalue weighted by Gasteiger charge is -2.34. The Labute approximate surface area is 186 Å².